The van der Waals surface area contributed by atoms with Crippen LogP contribution in [0.2, 0.25) is 0 Å². The highest BCUT2D eigenvalue weighted by atomic mass is 32.1. The second-order valence-corrected chi connectivity index (χ2v) is 5.29. The van der Waals surface area contributed by atoms with Gasteiger partial charge in [-0.3, -0.25) is 0 Å². The van der Waals surface area contributed by atoms with E-state index in [9.17, 15) is 0 Å². The van der Waals surface area contributed by atoms with Crippen LogP contribution in [-0.4, -0.2) is 16.1 Å². The molecule has 96 valence electrons. The molecule has 1 atom stereocenters. The summed E-state index contributed by atoms with van der Waals surface area (Å²) >= 11 is 1.48. The van der Waals surface area contributed by atoms with Crippen LogP contribution in [0.4, 0.5) is 0 Å². The number of rotatable bonds is 4. The minimum absolute atomic E-state index is 0.204. The van der Waals surface area contributed by atoms with Crippen LogP contribution in [0.3, 0.4) is 0 Å². The Balaban J connectivity index is 2.48. The van der Waals surface area contributed by atoms with Gasteiger partial charge in [0.05, 0.1) is 16.6 Å². The van der Waals surface area contributed by atoms with Crippen LogP contribution in [0.25, 0.3) is 0 Å². The molecule has 0 radical (unpaired) electrons. The van der Waals surface area contributed by atoms with E-state index in [1.165, 1.54) is 33.1 Å². The van der Waals surface area contributed by atoms with Crippen molar-refractivity contribution in [3.05, 3.63) is 45.5 Å². The molecule has 2 rings (SSSR count). The fraction of sp³-hybridized carbons (Fsp3) is 0.429. The predicted octanol–water partition coefficient (Wildman–Crippen LogP) is 3.16. The lowest BCUT2D eigenvalue weighted by atomic mass is 9.96. The number of nitrogens with zero attached hydrogens (tertiary/aromatic N) is 2. The monoisotopic (exact) mass is 261 g/mol. The molecular weight excluding hydrogens is 242 g/mol. The van der Waals surface area contributed by atoms with Gasteiger partial charge in [0, 0.05) is 0 Å². The number of aryl methyl sites for hydroxylation is 2. The highest BCUT2D eigenvalue weighted by Gasteiger charge is 2.20. The largest absolute Gasteiger partial charge is 0.306 e. The molecule has 1 aromatic heterocycles. The third kappa shape index (κ3) is 2.44. The van der Waals surface area contributed by atoms with Gasteiger partial charge < -0.3 is 5.32 Å². The van der Waals surface area contributed by atoms with Crippen LogP contribution >= 0.6 is 11.5 Å². The van der Waals surface area contributed by atoms with Gasteiger partial charge in [-0.25, -0.2) is 0 Å². The first kappa shape index (κ1) is 13.2. The second kappa shape index (κ2) is 5.59. The zero-order valence-corrected chi connectivity index (χ0v) is 12.1. The zero-order valence-electron chi connectivity index (χ0n) is 11.3. The van der Waals surface area contributed by atoms with Crippen molar-refractivity contribution in [3.8, 4) is 0 Å². The average Bonchev–Trinajstić information content (AvgIpc) is 2.76. The molecule has 0 spiro atoms. The van der Waals surface area contributed by atoms with Gasteiger partial charge in [0.25, 0.3) is 0 Å². The van der Waals surface area contributed by atoms with Gasteiger partial charge in [-0.15, -0.1) is 5.10 Å². The summed E-state index contributed by atoms with van der Waals surface area (Å²) in [6, 6.07) is 6.66. The molecule has 18 heavy (non-hydrogen) atoms. The van der Waals surface area contributed by atoms with Gasteiger partial charge in [-0.05, 0) is 55.5 Å². The topological polar surface area (TPSA) is 37.8 Å². The van der Waals surface area contributed by atoms with Crippen molar-refractivity contribution in [2.45, 2.75) is 33.7 Å². The number of hydrogen-bond acceptors (Lipinski definition) is 4. The van der Waals surface area contributed by atoms with Crippen LogP contribution in [0.15, 0.2) is 18.2 Å². The molecule has 1 unspecified atom stereocenters. The molecule has 0 bridgehead atoms. The van der Waals surface area contributed by atoms with Crippen LogP contribution in [0.5, 0.6) is 0 Å². The van der Waals surface area contributed by atoms with Gasteiger partial charge in [0.1, 0.15) is 0 Å². The van der Waals surface area contributed by atoms with Crippen LogP contribution < -0.4 is 5.32 Å². The van der Waals surface area contributed by atoms with Crippen LogP contribution in [0, 0.1) is 20.8 Å². The number of hydrogen-bond donors (Lipinski definition) is 1. The Labute approximate surface area is 112 Å². The standard InChI is InChI=1S/C14H19N3S/c1-5-15-13(14-11(4)16-17-18-14)12-8-6-7-9(2)10(12)3/h6-8,13,15H,5H2,1-4H3. The molecule has 0 saturated heterocycles. The van der Waals surface area contributed by atoms with Crippen LogP contribution in [-0.2, 0) is 0 Å². The van der Waals surface area contributed by atoms with Crippen molar-refractivity contribution in [2.24, 2.45) is 0 Å². The summed E-state index contributed by atoms with van der Waals surface area (Å²) in [5.74, 6) is 0. The lowest BCUT2D eigenvalue weighted by Crippen LogP contribution is -2.22. The van der Waals surface area contributed by atoms with E-state index >= 15 is 0 Å². The first-order chi connectivity index (χ1) is 8.65. The molecule has 1 aromatic carbocycles. The average molecular weight is 261 g/mol. The van der Waals surface area contributed by atoms with E-state index in [0.29, 0.717) is 0 Å². The highest BCUT2D eigenvalue weighted by molar-refractivity contribution is 7.05. The first-order valence-corrected chi connectivity index (χ1v) is 7.00. The van der Waals surface area contributed by atoms with Crippen molar-refractivity contribution in [1.29, 1.82) is 0 Å². The number of benzene rings is 1. The lowest BCUT2D eigenvalue weighted by Gasteiger charge is -2.20. The van der Waals surface area contributed by atoms with Gasteiger partial charge in [-0.1, -0.05) is 29.6 Å². The highest BCUT2D eigenvalue weighted by Crippen LogP contribution is 2.29. The Bertz CT molecular complexity index is 534. The Morgan fingerprint density at radius 3 is 2.67 bits per heavy atom. The van der Waals surface area contributed by atoms with E-state index in [-0.39, 0.29) is 6.04 Å². The third-order valence-electron chi connectivity index (χ3n) is 3.31. The predicted molar refractivity (Wildman–Crippen MR) is 76.1 cm³/mol. The van der Waals surface area contributed by atoms with Crippen LogP contribution in [0.1, 0.15) is 40.2 Å². The minimum atomic E-state index is 0.204. The van der Waals surface area contributed by atoms with Crippen molar-refractivity contribution < 1.29 is 0 Å². The second-order valence-electron chi connectivity index (χ2n) is 4.50. The zero-order chi connectivity index (χ0) is 13.1. The maximum atomic E-state index is 4.13. The Morgan fingerprint density at radius 2 is 2.06 bits per heavy atom. The molecule has 0 saturated carbocycles. The summed E-state index contributed by atoms with van der Waals surface area (Å²) < 4.78 is 4.05. The van der Waals surface area contributed by atoms with Gasteiger partial charge in [0.2, 0.25) is 0 Å². The molecule has 0 aliphatic heterocycles. The summed E-state index contributed by atoms with van der Waals surface area (Å²) in [6.07, 6.45) is 0. The molecule has 0 aliphatic rings. The lowest BCUT2D eigenvalue weighted by molar-refractivity contribution is 0.632. The van der Waals surface area contributed by atoms with Crippen molar-refractivity contribution in [2.75, 3.05) is 6.54 Å². The summed E-state index contributed by atoms with van der Waals surface area (Å²) in [6.45, 7) is 9.41. The fourth-order valence-electron chi connectivity index (χ4n) is 2.14. The maximum Gasteiger partial charge on any atom is 0.0776 e. The molecule has 1 N–H and O–H groups in total. The Morgan fingerprint density at radius 1 is 1.28 bits per heavy atom. The van der Waals surface area contributed by atoms with Crippen molar-refractivity contribution in [1.82, 2.24) is 14.9 Å². The summed E-state index contributed by atoms with van der Waals surface area (Å²) in [5.41, 5.74) is 5.01. The van der Waals surface area contributed by atoms with Crippen molar-refractivity contribution in [3.63, 3.8) is 0 Å². The van der Waals surface area contributed by atoms with Gasteiger partial charge in [-0.2, -0.15) is 0 Å². The molecule has 4 heteroatoms. The summed E-state index contributed by atoms with van der Waals surface area (Å²) in [7, 11) is 0. The van der Waals surface area contributed by atoms with E-state index in [0.717, 1.165) is 12.2 Å². The van der Waals surface area contributed by atoms with E-state index < -0.39 is 0 Å². The van der Waals surface area contributed by atoms with E-state index in [1.807, 2.05) is 6.92 Å². The van der Waals surface area contributed by atoms with E-state index in [2.05, 4.69) is 53.9 Å². The quantitative estimate of drug-likeness (QED) is 0.918. The van der Waals surface area contributed by atoms with E-state index in [4.69, 9.17) is 0 Å². The van der Waals surface area contributed by atoms with Gasteiger partial charge in [0.15, 0.2) is 0 Å². The molecule has 3 nitrogen and oxygen atoms in total. The smallest absolute Gasteiger partial charge is 0.0776 e. The minimum Gasteiger partial charge on any atom is -0.306 e. The molecule has 0 fully saturated rings. The third-order valence-corrected chi connectivity index (χ3v) is 4.21. The number of nitrogens with one attached hydrogen (secondary N) is 1. The normalized spacial score (nSPS) is 12.7. The maximum absolute atomic E-state index is 4.13. The molecule has 2 aromatic rings. The molecule has 0 aliphatic carbocycles. The fourth-order valence-corrected chi connectivity index (χ4v) is 2.88. The SMILES string of the molecule is CCNC(c1cccc(C)c1C)c1snnc1C. The van der Waals surface area contributed by atoms with E-state index in [1.54, 1.807) is 0 Å². The molecular formula is C14H19N3S. The number of aromatic nitrogens is 2. The Hall–Kier alpha value is -1.26. The molecule has 1 heterocycles. The molecule has 0 amide bonds. The first-order valence-electron chi connectivity index (χ1n) is 6.23. The van der Waals surface area contributed by atoms with Gasteiger partial charge >= 0.3 is 0 Å². The summed E-state index contributed by atoms with van der Waals surface area (Å²) in [5, 5.41) is 7.67. The summed E-state index contributed by atoms with van der Waals surface area (Å²) in [4.78, 5) is 1.21. The Kier molecular flexibility index (Phi) is 4.09. The van der Waals surface area contributed by atoms with Crippen molar-refractivity contribution >= 4 is 11.5 Å².